The maximum Gasteiger partial charge on any atom is 0.203 e. The number of benzene rings is 2. The molecule has 3 heterocycles. The van der Waals surface area contributed by atoms with Crippen molar-refractivity contribution in [2.24, 2.45) is 4.99 Å². The Hall–Kier alpha value is -3.91. The van der Waals surface area contributed by atoms with E-state index in [4.69, 9.17) is 4.74 Å². The lowest BCUT2D eigenvalue weighted by Crippen LogP contribution is -2.38. The Morgan fingerprint density at radius 2 is 2.05 bits per heavy atom. The molecule has 1 fully saturated rings. The molecule has 2 aliphatic rings. The van der Waals surface area contributed by atoms with Crippen LogP contribution in [0, 0.1) is 0 Å². The maximum absolute atomic E-state index is 15.0. The molecule has 3 aromatic rings. The molecule has 0 saturated carbocycles. The average Bonchev–Trinajstić information content (AvgIpc) is 3.59. The van der Waals surface area contributed by atoms with Crippen LogP contribution in [0.1, 0.15) is 36.2 Å². The second-order valence-corrected chi connectivity index (χ2v) is 9.38. The van der Waals surface area contributed by atoms with Crippen molar-refractivity contribution in [3.05, 3.63) is 102 Å². The fourth-order valence-electron chi connectivity index (χ4n) is 4.62. The Bertz CT molecular complexity index is 1300. The Balaban J connectivity index is 1.29. The van der Waals surface area contributed by atoms with Crippen LogP contribution in [-0.4, -0.2) is 47.2 Å². The highest BCUT2D eigenvalue weighted by molar-refractivity contribution is 5.95. The second-order valence-electron chi connectivity index (χ2n) is 9.38. The quantitative estimate of drug-likeness (QED) is 0.424. The first kappa shape index (κ1) is 24.8. The zero-order valence-corrected chi connectivity index (χ0v) is 21.3. The molecule has 1 saturated heterocycles. The van der Waals surface area contributed by atoms with E-state index < -0.39 is 6.04 Å². The molecule has 192 valence electrons. The highest BCUT2D eigenvalue weighted by Gasteiger charge is 2.30. The summed E-state index contributed by atoms with van der Waals surface area (Å²) in [6.45, 7) is 5.29. The first-order valence-corrected chi connectivity index (χ1v) is 12.7. The first-order valence-electron chi connectivity index (χ1n) is 12.7. The lowest BCUT2D eigenvalue weighted by molar-refractivity contribution is 0.345. The van der Waals surface area contributed by atoms with Gasteiger partial charge in [0, 0.05) is 38.1 Å². The Morgan fingerprint density at radius 3 is 2.84 bits per heavy atom. The van der Waals surface area contributed by atoms with Crippen molar-refractivity contribution in [2.45, 2.75) is 32.4 Å². The van der Waals surface area contributed by atoms with Gasteiger partial charge in [-0.1, -0.05) is 42.8 Å². The van der Waals surface area contributed by atoms with Crippen molar-refractivity contribution in [1.29, 1.82) is 0 Å². The third-order valence-electron chi connectivity index (χ3n) is 6.66. The molecule has 0 amide bonds. The van der Waals surface area contributed by atoms with E-state index in [1.165, 1.54) is 11.8 Å². The van der Waals surface area contributed by atoms with Gasteiger partial charge in [0.05, 0.1) is 18.2 Å². The molecule has 2 aliphatic heterocycles. The number of imidazole rings is 1. The highest BCUT2D eigenvalue weighted by Crippen LogP contribution is 2.31. The number of aryl methyl sites for hydroxylation is 1. The van der Waals surface area contributed by atoms with Gasteiger partial charge in [0.15, 0.2) is 0 Å². The van der Waals surface area contributed by atoms with Gasteiger partial charge in [0.2, 0.25) is 5.96 Å². The lowest BCUT2D eigenvalue weighted by atomic mass is 10.1. The van der Waals surface area contributed by atoms with Crippen LogP contribution in [-0.2, 0) is 13.0 Å². The van der Waals surface area contributed by atoms with E-state index in [0.717, 1.165) is 48.5 Å². The number of rotatable bonds is 8. The summed E-state index contributed by atoms with van der Waals surface area (Å²) >= 11 is 0. The molecule has 37 heavy (non-hydrogen) atoms. The lowest BCUT2D eigenvalue weighted by Gasteiger charge is -2.31. The van der Waals surface area contributed by atoms with Crippen LogP contribution in [0.5, 0.6) is 5.75 Å². The number of halogens is 1. The van der Waals surface area contributed by atoms with Crippen LogP contribution in [0.15, 0.2) is 89.7 Å². The zero-order valence-electron chi connectivity index (χ0n) is 21.3. The predicted molar refractivity (Wildman–Crippen MR) is 145 cm³/mol. The summed E-state index contributed by atoms with van der Waals surface area (Å²) in [6.07, 6.45) is 9.00. The van der Waals surface area contributed by atoms with Crippen LogP contribution in [0.2, 0.25) is 0 Å². The molecule has 1 aromatic heterocycles. The van der Waals surface area contributed by atoms with Crippen molar-refractivity contribution in [1.82, 2.24) is 19.8 Å². The van der Waals surface area contributed by atoms with Gasteiger partial charge in [-0.05, 0) is 48.7 Å². The standard InChI is InChI=1S/C29H33FN6O/c1-3-21-13-24(15-25(14-21)37-12-10-22-9-11-31-16-22)34-29-32-17-26(30)28(35(29)2)27-19-36(20-33-27)18-23-7-5-4-6-8-23/h4-8,10,13-15,17,19-20,28,31H,3,9,11-12,16,18H2,1-2H3,(H,32,34)/b22-10-. The Morgan fingerprint density at radius 1 is 1.19 bits per heavy atom. The van der Waals surface area contributed by atoms with Crippen molar-refractivity contribution >= 4 is 11.6 Å². The molecule has 2 aromatic carbocycles. The number of ether oxygens (including phenoxy) is 1. The second kappa shape index (κ2) is 11.4. The molecule has 1 atom stereocenters. The van der Waals surface area contributed by atoms with Gasteiger partial charge in [0.25, 0.3) is 0 Å². The van der Waals surface area contributed by atoms with E-state index in [1.54, 1.807) is 11.2 Å². The van der Waals surface area contributed by atoms with Crippen molar-refractivity contribution < 1.29 is 9.13 Å². The average molecular weight is 501 g/mol. The fourth-order valence-corrected chi connectivity index (χ4v) is 4.62. The summed E-state index contributed by atoms with van der Waals surface area (Å²) in [5.41, 5.74) is 5.16. The molecule has 0 spiro atoms. The van der Waals surface area contributed by atoms with E-state index in [0.29, 0.717) is 24.8 Å². The van der Waals surface area contributed by atoms with Gasteiger partial charge < -0.3 is 24.8 Å². The number of hydrogen-bond acceptors (Lipinski definition) is 6. The highest BCUT2D eigenvalue weighted by atomic mass is 19.1. The van der Waals surface area contributed by atoms with E-state index in [2.05, 4.69) is 57.9 Å². The molecule has 0 aliphatic carbocycles. The third-order valence-corrected chi connectivity index (χ3v) is 6.66. The van der Waals surface area contributed by atoms with Crippen molar-refractivity contribution in [2.75, 3.05) is 32.1 Å². The van der Waals surface area contributed by atoms with E-state index >= 15 is 0 Å². The van der Waals surface area contributed by atoms with Gasteiger partial charge in [0.1, 0.15) is 24.2 Å². The third kappa shape index (κ3) is 6.09. The van der Waals surface area contributed by atoms with Gasteiger partial charge in [-0.15, -0.1) is 0 Å². The van der Waals surface area contributed by atoms with Crippen LogP contribution in [0.3, 0.4) is 0 Å². The minimum absolute atomic E-state index is 0.348. The molecule has 7 nitrogen and oxygen atoms in total. The van der Waals surface area contributed by atoms with Crippen molar-refractivity contribution in [3.8, 4) is 5.75 Å². The molecule has 0 bridgehead atoms. The summed E-state index contributed by atoms with van der Waals surface area (Å²) in [5, 5.41) is 6.71. The molecule has 2 N–H and O–H groups in total. The minimum Gasteiger partial charge on any atom is -0.489 e. The van der Waals surface area contributed by atoms with Crippen LogP contribution < -0.4 is 15.4 Å². The first-order chi connectivity index (χ1) is 18.1. The minimum atomic E-state index is -0.659. The number of aliphatic imine (C=N–C) groups is 1. The normalized spacial score (nSPS) is 18.6. The van der Waals surface area contributed by atoms with Gasteiger partial charge in [-0.25, -0.2) is 14.4 Å². The molecule has 0 radical (unpaired) electrons. The van der Waals surface area contributed by atoms with Crippen LogP contribution in [0.25, 0.3) is 0 Å². The number of likely N-dealkylation sites (N-methyl/N-ethyl adjacent to an activating group) is 1. The predicted octanol–water partition coefficient (Wildman–Crippen LogP) is 5.06. The number of hydrogen-bond donors (Lipinski definition) is 2. The molecular weight excluding hydrogens is 467 g/mol. The Labute approximate surface area is 217 Å². The molecular formula is C29H33FN6O. The van der Waals surface area contributed by atoms with E-state index in [1.807, 2.05) is 42.1 Å². The van der Waals surface area contributed by atoms with Crippen molar-refractivity contribution in [3.63, 3.8) is 0 Å². The number of anilines is 1. The van der Waals surface area contributed by atoms with Gasteiger partial charge >= 0.3 is 0 Å². The smallest absolute Gasteiger partial charge is 0.203 e. The number of nitrogens with zero attached hydrogens (tertiary/aromatic N) is 4. The van der Waals surface area contributed by atoms with Crippen LogP contribution in [0.4, 0.5) is 10.1 Å². The summed E-state index contributed by atoms with van der Waals surface area (Å²) in [5.74, 6) is 0.989. The summed E-state index contributed by atoms with van der Waals surface area (Å²) < 4.78 is 23.0. The number of aromatic nitrogens is 2. The van der Waals surface area contributed by atoms with Gasteiger partial charge in [-0.3, -0.25) is 0 Å². The summed E-state index contributed by atoms with van der Waals surface area (Å²) in [7, 11) is 1.82. The Kier molecular flexibility index (Phi) is 7.65. The SMILES string of the molecule is CCc1cc(NC2=NC=C(F)C(c3cn(Cc4ccccc4)cn3)N2C)cc(OC/C=C2/CCNC2)c1. The van der Waals surface area contributed by atoms with E-state index in [9.17, 15) is 4.39 Å². The topological polar surface area (TPSA) is 66.7 Å². The largest absolute Gasteiger partial charge is 0.489 e. The monoisotopic (exact) mass is 500 g/mol. The number of guanidine groups is 1. The van der Waals surface area contributed by atoms with E-state index in [-0.39, 0.29) is 5.83 Å². The van der Waals surface area contributed by atoms with Gasteiger partial charge in [-0.2, -0.15) is 0 Å². The maximum atomic E-state index is 15.0. The summed E-state index contributed by atoms with van der Waals surface area (Å²) in [4.78, 5) is 10.6. The molecule has 1 unspecified atom stereocenters. The molecule has 5 rings (SSSR count). The van der Waals surface area contributed by atoms with Crippen LogP contribution >= 0.6 is 0 Å². The number of nitrogens with one attached hydrogen (secondary N) is 2. The zero-order chi connectivity index (χ0) is 25.6. The fraction of sp³-hybridized carbons (Fsp3) is 0.310. The molecule has 8 heteroatoms. The summed E-state index contributed by atoms with van der Waals surface area (Å²) in [6, 6.07) is 15.6.